The molecule has 9 heteroatoms. The Morgan fingerprint density at radius 2 is 0.491 bits per heavy atom. The van der Waals surface area contributed by atoms with Crippen molar-refractivity contribution in [1.29, 1.82) is 0 Å². The minimum Gasteiger partial charge on any atom is -0.393 e. The second-order valence-corrected chi connectivity index (χ2v) is 26.0. The molecule has 3 fully saturated rings. The molecule has 3 aliphatic carbocycles. The van der Waals surface area contributed by atoms with Gasteiger partial charge in [-0.2, -0.15) is 0 Å². The lowest BCUT2D eigenvalue weighted by molar-refractivity contribution is -0.0871. The number of rotatable bonds is 6. The van der Waals surface area contributed by atoms with E-state index in [9.17, 15) is 29.7 Å². The molecule has 1 heterocycles. The number of hydrogen-bond donors (Lipinski definition) is 3. The normalized spacial score (nSPS) is 34.1. The van der Waals surface area contributed by atoms with Crippen LogP contribution in [0.25, 0.3) is 0 Å². The Hall–Kier alpha value is -1.71. The second-order valence-electron chi connectivity index (χ2n) is 26.0. The molecule has 0 amide bonds. The summed E-state index contributed by atoms with van der Waals surface area (Å²) in [6, 6.07) is 0. The zero-order valence-corrected chi connectivity index (χ0v) is 39.7. The summed E-state index contributed by atoms with van der Waals surface area (Å²) in [7, 11) is 0. The van der Waals surface area contributed by atoms with Gasteiger partial charge in [0.1, 0.15) is 0 Å². The van der Waals surface area contributed by atoms with Gasteiger partial charge in [0.05, 0.1) is 18.3 Å². The summed E-state index contributed by atoms with van der Waals surface area (Å²) in [6.07, 6.45) is 2.62. The van der Waals surface area contributed by atoms with Crippen LogP contribution in [0.15, 0.2) is 14.4 Å². The van der Waals surface area contributed by atoms with Crippen LogP contribution in [-0.4, -0.2) is 47.3 Å². The summed E-state index contributed by atoms with van der Waals surface area (Å²) in [5, 5.41) is 35.2. The lowest BCUT2D eigenvalue weighted by Gasteiger charge is -2.50. The molecule has 3 aliphatic rings. The Bertz CT molecular complexity index is 1410. The maximum absolute atomic E-state index is 14.8. The molecule has 9 nitrogen and oxygen atoms in total. The van der Waals surface area contributed by atoms with Crippen molar-refractivity contribution in [3.8, 4) is 0 Å². The van der Waals surface area contributed by atoms with Crippen LogP contribution in [-0.2, 0) is 19.6 Å². The molecule has 4 rings (SSSR count). The molecule has 6 unspecified atom stereocenters. The summed E-state index contributed by atoms with van der Waals surface area (Å²) < 4.78 is 4.09. The van der Waals surface area contributed by atoms with Gasteiger partial charge in [0.2, 0.25) is 0 Å². The van der Waals surface area contributed by atoms with Gasteiger partial charge in [-0.05, 0) is 124 Å². The molecule has 330 valence electrons. The van der Waals surface area contributed by atoms with Crippen molar-refractivity contribution in [1.82, 2.24) is 13.7 Å². The highest BCUT2D eigenvalue weighted by Gasteiger charge is 2.49. The van der Waals surface area contributed by atoms with Crippen molar-refractivity contribution in [2.45, 2.75) is 201 Å². The van der Waals surface area contributed by atoms with Crippen LogP contribution >= 0.6 is 0 Å². The largest absolute Gasteiger partial charge is 0.393 e. The number of nitrogens with zero attached hydrogens (tertiary/aromatic N) is 3. The number of aliphatic hydroxyl groups is 3. The van der Waals surface area contributed by atoms with Gasteiger partial charge < -0.3 is 15.3 Å². The van der Waals surface area contributed by atoms with Crippen LogP contribution < -0.4 is 17.1 Å². The van der Waals surface area contributed by atoms with E-state index in [2.05, 4.69) is 125 Å². The van der Waals surface area contributed by atoms with E-state index in [1.165, 1.54) is 13.7 Å². The maximum atomic E-state index is 14.8. The van der Waals surface area contributed by atoms with Crippen LogP contribution in [0, 0.1) is 85.8 Å². The first kappa shape index (κ1) is 48.0. The fourth-order valence-electron chi connectivity index (χ4n) is 11.7. The smallest absolute Gasteiger partial charge is 0.336 e. The van der Waals surface area contributed by atoms with Gasteiger partial charge >= 0.3 is 17.1 Å². The van der Waals surface area contributed by atoms with Crippen LogP contribution in [0.5, 0.6) is 0 Å². The standard InChI is InChI=1S/C48H87N3O6/c1-43(2,3)31-19-28(20-32(37(31)52)44(4,5)6)25-49-40(55)50(26-29-21-33(45(7,8)9)38(53)34(22-29)46(10,11)12)42(57)51(41(49)56)27-30-23-35(47(13,14)15)39(54)36(24-30)48(16,17)18/h28-39,52-54H,19-27H2,1-18H3. The molecule has 57 heavy (non-hydrogen) atoms. The van der Waals surface area contributed by atoms with Gasteiger partial charge in [0, 0.05) is 19.6 Å². The summed E-state index contributed by atoms with van der Waals surface area (Å²) in [4.78, 5) is 44.5. The zero-order valence-electron chi connectivity index (χ0n) is 39.7. The summed E-state index contributed by atoms with van der Waals surface area (Å²) in [5.41, 5.74) is -2.70. The lowest BCUT2D eigenvalue weighted by atomic mass is 9.58. The first-order valence-corrected chi connectivity index (χ1v) is 22.5. The van der Waals surface area contributed by atoms with Crippen LogP contribution in [0.2, 0.25) is 0 Å². The Morgan fingerprint density at radius 1 is 0.351 bits per heavy atom. The monoisotopic (exact) mass is 802 g/mol. The minimum absolute atomic E-state index is 0.0148. The van der Waals surface area contributed by atoms with E-state index in [0.717, 1.165) is 0 Å². The van der Waals surface area contributed by atoms with Crippen LogP contribution in [0.3, 0.4) is 0 Å². The Labute approximate surface area is 346 Å². The van der Waals surface area contributed by atoms with Gasteiger partial charge in [-0.15, -0.1) is 0 Å². The highest BCUT2D eigenvalue weighted by atomic mass is 16.3. The first-order valence-electron chi connectivity index (χ1n) is 22.5. The predicted molar refractivity (Wildman–Crippen MR) is 233 cm³/mol. The van der Waals surface area contributed by atoms with Gasteiger partial charge in [0.15, 0.2) is 0 Å². The van der Waals surface area contributed by atoms with Gasteiger partial charge in [-0.25, -0.2) is 28.1 Å². The Balaban J connectivity index is 1.88. The molecule has 1 aromatic rings. The third kappa shape index (κ3) is 10.6. The number of aromatic nitrogens is 3. The summed E-state index contributed by atoms with van der Waals surface area (Å²) in [5.74, 6) is -0.194. The van der Waals surface area contributed by atoms with Crippen LogP contribution in [0.4, 0.5) is 0 Å². The van der Waals surface area contributed by atoms with E-state index in [-0.39, 0.29) is 105 Å². The fraction of sp³-hybridized carbons (Fsp3) is 0.938. The molecule has 0 bridgehead atoms. The molecule has 0 spiro atoms. The van der Waals surface area contributed by atoms with E-state index in [1.54, 1.807) is 0 Å². The van der Waals surface area contributed by atoms with E-state index >= 15 is 0 Å². The summed E-state index contributed by atoms with van der Waals surface area (Å²) >= 11 is 0. The van der Waals surface area contributed by atoms with E-state index in [4.69, 9.17) is 0 Å². The quantitative estimate of drug-likeness (QED) is 0.265. The topological polar surface area (TPSA) is 127 Å². The third-order valence-corrected chi connectivity index (χ3v) is 15.4. The highest BCUT2D eigenvalue weighted by molar-refractivity contribution is 4.99. The van der Waals surface area contributed by atoms with E-state index in [1.807, 2.05) is 0 Å². The first-order chi connectivity index (χ1) is 25.5. The molecule has 3 N–H and O–H groups in total. The van der Waals surface area contributed by atoms with Crippen molar-refractivity contribution < 1.29 is 15.3 Å². The number of hydrogen-bond acceptors (Lipinski definition) is 6. The van der Waals surface area contributed by atoms with Crippen molar-refractivity contribution in [2.24, 2.45) is 85.8 Å². The maximum Gasteiger partial charge on any atom is 0.336 e. The third-order valence-electron chi connectivity index (χ3n) is 15.4. The van der Waals surface area contributed by atoms with Gasteiger partial charge in [0.25, 0.3) is 0 Å². The molecule has 0 radical (unpaired) electrons. The molecule has 3 saturated carbocycles. The van der Waals surface area contributed by atoms with Crippen molar-refractivity contribution in [3.63, 3.8) is 0 Å². The average molecular weight is 802 g/mol. The molecular weight excluding hydrogens is 715 g/mol. The van der Waals surface area contributed by atoms with Crippen molar-refractivity contribution in [3.05, 3.63) is 31.5 Å². The number of aliphatic hydroxyl groups excluding tert-OH is 3. The molecular formula is C48H87N3O6. The van der Waals surface area contributed by atoms with Crippen LogP contribution in [0.1, 0.15) is 163 Å². The molecule has 0 saturated heterocycles. The minimum atomic E-state index is -0.545. The summed E-state index contributed by atoms with van der Waals surface area (Å²) in [6.45, 7) is 39.5. The van der Waals surface area contributed by atoms with E-state index in [0.29, 0.717) is 38.5 Å². The lowest BCUT2D eigenvalue weighted by Crippen LogP contribution is -2.58. The second kappa shape index (κ2) is 16.3. The highest BCUT2D eigenvalue weighted by Crippen LogP contribution is 2.51. The predicted octanol–water partition coefficient (Wildman–Crippen LogP) is 8.46. The molecule has 0 aromatic carbocycles. The molecule has 6 atom stereocenters. The fourth-order valence-corrected chi connectivity index (χ4v) is 11.7. The average Bonchev–Trinajstić information content (AvgIpc) is 3.02. The zero-order chi connectivity index (χ0) is 43.8. The SMILES string of the molecule is CC(C)(C)C1CC(Cn2c(=O)n(CC3CC(C(C)(C)C)C(O)C(C(C)(C)C)C3)c(=O)n(CC3CC(C(C)(C)C)C(O)C(C(C)(C)C)C3)c2=O)CC(C(C)(C)C)C1O. The Morgan fingerprint density at radius 3 is 0.614 bits per heavy atom. The van der Waals surface area contributed by atoms with Crippen molar-refractivity contribution >= 4 is 0 Å². The van der Waals surface area contributed by atoms with Gasteiger partial charge in [-0.3, -0.25) is 0 Å². The van der Waals surface area contributed by atoms with Gasteiger partial charge in [-0.1, -0.05) is 125 Å². The molecule has 1 aromatic heterocycles. The van der Waals surface area contributed by atoms with Crippen molar-refractivity contribution in [2.75, 3.05) is 0 Å². The molecule has 0 aliphatic heterocycles. The Kier molecular flexibility index (Phi) is 13.7. The van der Waals surface area contributed by atoms with E-state index < -0.39 is 35.4 Å².